The van der Waals surface area contributed by atoms with E-state index in [4.69, 9.17) is 0 Å². The number of ketones is 1. The number of benzene rings is 1. The Morgan fingerprint density at radius 2 is 1.77 bits per heavy atom. The van der Waals surface area contributed by atoms with Gasteiger partial charge in [-0.15, -0.1) is 11.3 Å². The van der Waals surface area contributed by atoms with Crippen LogP contribution in [-0.4, -0.2) is 10.4 Å². The summed E-state index contributed by atoms with van der Waals surface area (Å²) in [5.74, 6) is 0.0197. The number of hydrogen-bond donors (Lipinski definition) is 0. The lowest BCUT2D eigenvalue weighted by Gasteiger charge is -2.12. The maximum absolute atomic E-state index is 12.3. The molecule has 1 aromatic heterocycles. The average Bonchev–Trinajstić information content (AvgIpc) is 2.69. The largest absolute Gasteiger partial charge is 0.302 e. The zero-order valence-electron chi connectivity index (χ0n) is 13.6. The van der Waals surface area contributed by atoms with Gasteiger partial charge in [-0.1, -0.05) is 50.6 Å². The zero-order valence-corrected chi connectivity index (χ0v) is 14.5. The maximum Gasteiger partial charge on any atom is 0.268 e. The SMILES string of the molecule is Cc1ccc(/C=c2\s/c(=C\C(=O)C(C)(C)C)n(C)c2=O)cc1. The van der Waals surface area contributed by atoms with Gasteiger partial charge in [-0.25, -0.2) is 0 Å². The summed E-state index contributed by atoms with van der Waals surface area (Å²) >= 11 is 1.35. The van der Waals surface area contributed by atoms with Crippen LogP contribution in [0, 0.1) is 12.3 Å². The normalized spacial score (nSPS) is 13.7. The Balaban J connectivity index is 2.56. The Morgan fingerprint density at radius 1 is 1.18 bits per heavy atom. The maximum atomic E-state index is 12.3. The molecule has 0 amide bonds. The van der Waals surface area contributed by atoms with E-state index in [-0.39, 0.29) is 11.3 Å². The number of rotatable bonds is 2. The molecule has 0 radical (unpaired) electrons. The third-order valence-electron chi connectivity index (χ3n) is 3.43. The van der Waals surface area contributed by atoms with Gasteiger partial charge in [0.15, 0.2) is 5.78 Å². The van der Waals surface area contributed by atoms with Crippen LogP contribution < -0.4 is 14.8 Å². The van der Waals surface area contributed by atoms with Gasteiger partial charge in [-0.3, -0.25) is 9.59 Å². The van der Waals surface area contributed by atoms with Crippen LogP contribution in [0.1, 0.15) is 31.9 Å². The van der Waals surface area contributed by atoms with Crippen molar-refractivity contribution in [3.05, 3.63) is 54.9 Å². The molecule has 0 N–H and O–H groups in total. The number of carbonyl (C=O) groups excluding carboxylic acids is 1. The molecule has 22 heavy (non-hydrogen) atoms. The summed E-state index contributed by atoms with van der Waals surface area (Å²) in [6, 6.07) is 8.00. The van der Waals surface area contributed by atoms with Crippen molar-refractivity contribution < 1.29 is 4.79 Å². The molecule has 0 aliphatic rings. The Hall–Kier alpha value is -1.94. The van der Waals surface area contributed by atoms with Gasteiger partial charge in [-0.05, 0) is 18.6 Å². The lowest BCUT2D eigenvalue weighted by Crippen LogP contribution is -2.30. The van der Waals surface area contributed by atoms with E-state index in [1.54, 1.807) is 13.1 Å². The molecule has 0 aliphatic heterocycles. The van der Waals surface area contributed by atoms with Gasteiger partial charge >= 0.3 is 0 Å². The molecule has 3 nitrogen and oxygen atoms in total. The first-order valence-electron chi connectivity index (χ1n) is 7.19. The molecule has 0 spiro atoms. The number of hydrogen-bond acceptors (Lipinski definition) is 3. The van der Waals surface area contributed by atoms with Crippen LogP contribution in [-0.2, 0) is 11.8 Å². The lowest BCUT2D eigenvalue weighted by atomic mass is 9.91. The van der Waals surface area contributed by atoms with Crippen molar-refractivity contribution in [1.82, 2.24) is 4.57 Å². The minimum Gasteiger partial charge on any atom is -0.302 e. The molecule has 1 heterocycles. The summed E-state index contributed by atoms with van der Waals surface area (Å²) < 4.78 is 2.86. The van der Waals surface area contributed by atoms with Crippen LogP contribution >= 0.6 is 11.3 Å². The highest BCUT2D eigenvalue weighted by atomic mass is 32.1. The molecule has 0 fully saturated rings. The summed E-state index contributed by atoms with van der Waals surface area (Å²) in [5, 5.41) is 0. The first-order valence-corrected chi connectivity index (χ1v) is 8.00. The Labute approximate surface area is 134 Å². The highest BCUT2D eigenvalue weighted by molar-refractivity contribution is 7.07. The van der Waals surface area contributed by atoms with Crippen molar-refractivity contribution in [2.75, 3.05) is 0 Å². The molecule has 0 atom stereocenters. The summed E-state index contributed by atoms with van der Waals surface area (Å²) in [4.78, 5) is 24.4. The predicted molar refractivity (Wildman–Crippen MR) is 92.5 cm³/mol. The van der Waals surface area contributed by atoms with Crippen LogP contribution in [0.25, 0.3) is 12.2 Å². The van der Waals surface area contributed by atoms with Crippen molar-refractivity contribution in [3.63, 3.8) is 0 Å². The molecule has 0 aliphatic carbocycles. The van der Waals surface area contributed by atoms with Crippen molar-refractivity contribution >= 4 is 29.3 Å². The smallest absolute Gasteiger partial charge is 0.268 e. The molecule has 2 rings (SSSR count). The first kappa shape index (κ1) is 16.4. The van der Waals surface area contributed by atoms with E-state index in [0.717, 1.165) is 5.56 Å². The number of carbonyl (C=O) groups is 1. The number of Topliss-reactive ketones (excluding diaryl/α,β-unsaturated/α-hetero) is 1. The second-order valence-electron chi connectivity index (χ2n) is 6.48. The van der Waals surface area contributed by atoms with Gasteiger partial charge in [0, 0.05) is 18.5 Å². The summed E-state index contributed by atoms with van der Waals surface area (Å²) in [6.07, 6.45) is 3.43. The van der Waals surface area contributed by atoms with E-state index < -0.39 is 5.41 Å². The monoisotopic (exact) mass is 315 g/mol. The zero-order chi connectivity index (χ0) is 16.5. The van der Waals surface area contributed by atoms with E-state index in [0.29, 0.717) is 9.20 Å². The van der Waals surface area contributed by atoms with Gasteiger partial charge in [0.05, 0.1) is 4.53 Å². The van der Waals surface area contributed by atoms with Crippen LogP contribution in [0.2, 0.25) is 0 Å². The Bertz CT molecular complexity index is 862. The van der Waals surface area contributed by atoms with Gasteiger partial charge in [0.1, 0.15) is 4.66 Å². The van der Waals surface area contributed by atoms with Gasteiger partial charge in [0.25, 0.3) is 5.56 Å². The topological polar surface area (TPSA) is 39.1 Å². The van der Waals surface area contributed by atoms with E-state index >= 15 is 0 Å². The van der Waals surface area contributed by atoms with E-state index in [9.17, 15) is 9.59 Å². The summed E-state index contributed by atoms with van der Waals surface area (Å²) in [6.45, 7) is 7.64. The van der Waals surface area contributed by atoms with Crippen molar-refractivity contribution in [2.24, 2.45) is 12.5 Å². The summed E-state index contributed by atoms with van der Waals surface area (Å²) in [7, 11) is 1.70. The number of aryl methyl sites for hydroxylation is 1. The quantitative estimate of drug-likeness (QED) is 0.850. The van der Waals surface area contributed by atoms with Crippen molar-refractivity contribution in [1.29, 1.82) is 0 Å². The molecule has 2 aromatic rings. The molecule has 0 bridgehead atoms. The fourth-order valence-electron chi connectivity index (χ4n) is 1.85. The van der Waals surface area contributed by atoms with Crippen LogP contribution in [0.15, 0.2) is 29.1 Å². The molecule has 0 saturated carbocycles. The molecule has 4 heteroatoms. The standard InChI is InChI=1S/C18H21NO2S/c1-12-6-8-13(9-7-12)10-14-17(21)19(5)16(22-14)11-15(20)18(2,3)4/h6-11H,1-5H3/b14-10-,16-11-. The van der Waals surface area contributed by atoms with Crippen molar-refractivity contribution in [3.8, 4) is 0 Å². The van der Waals surface area contributed by atoms with Gasteiger partial charge in [-0.2, -0.15) is 0 Å². The molecule has 0 saturated heterocycles. The third kappa shape index (κ3) is 3.63. The highest BCUT2D eigenvalue weighted by Gasteiger charge is 2.19. The third-order valence-corrected chi connectivity index (χ3v) is 4.54. The fourth-order valence-corrected chi connectivity index (χ4v) is 2.88. The van der Waals surface area contributed by atoms with Crippen LogP contribution in [0.4, 0.5) is 0 Å². The second kappa shape index (κ2) is 6.05. The lowest BCUT2D eigenvalue weighted by molar-refractivity contribution is -0.120. The van der Waals surface area contributed by atoms with E-state index in [1.165, 1.54) is 21.5 Å². The number of nitrogens with zero attached hydrogens (tertiary/aromatic N) is 1. The van der Waals surface area contributed by atoms with Gasteiger partial charge in [0.2, 0.25) is 0 Å². The first-order chi connectivity index (χ1) is 10.2. The predicted octanol–water partition coefficient (Wildman–Crippen LogP) is 1.98. The molecule has 0 unspecified atom stereocenters. The molecule has 1 aromatic carbocycles. The highest BCUT2D eigenvalue weighted by Crippen LogP contribution is 2.14. The molecular weight excluding hydrogens is 294 g/mol. The van der Waals surface area contributed by atoms with Crippen LogP contribution in [0.5, 0.6) is 0 Å². The Kier molecular flexibility index (Phi) is 4.52. The number of thiazole rings is 1. The Morgan fingerprint density at radius 3 is 2.32 bits per heavy atom. The number of aromatic nitrogens is 1. The summed E-state index contributed by atoms with van der Waals surface area (Å²) in [5.41, 5.74) is 1.65. The second-order valence-corrected chi connectivity index (χ2v) is 7.54. The van der Waals surface area contributed by atoms with Gasteiger partial charge < -0.3 is 4.57 Å². The van der Waals surface area contributed by atoms with E-state index in [1.807, 2.05) is 58.0 Å². The average molecular weight is 315 g/mol. The minimum atomic E-state index is -0.444. The van der Waals surface area contributed by atoms with E-state index in [2.05, 4.69) is 0 Å². The van der Waals surface area contributed by atoms with Crippen molar-refractivity contribution in [2.45, 2.75) is 27.7 Å². The minimum absolute atomic E-state index is 0.0197. The van der Waals surface area contributed by atoms with Crippen LogP contribution in [0.3, 0.4) is 0 Å². The molecular formula is C18H21NO2S. The fraction of sp³-hybridized carbons (Fsp3) is 0.333. The molecule has 116 valence electrons.